The average molecular weight is 203 g/mol. The van der Waals surface area contributed by atoms with Gasteiger partial charge in [0, 0.05) is 5.56 Å². The molecule has 1 aromatic rings. The van der Waals surface area contributed by atoms with Crippen molar-refractivity contribution in [1.29, 1.82) is 5.26 Å². The summed E-state index contributed by atoms with van der Waals surface area (Å²) in [7, 11) is 0. The molecule has 0 saturated carbocycles. The van der Waals surface area contributed by atoms with E-state index in [1.807, 2.05) is 25.1 Å². The van der Waals surface area contributed by atoms with Gasteiger partial charge in [-0.1, -0.05) is 12.1 Å². The molecule has 1 aromatic carbocycles. The molecule has 3 heteroatoms. The van der Waals surface area contributed by atoms with Crippen LogP contribution in [0.15, 0.2) is 24.3 Å². The van der Waals surface area contributed by atoms with Crippen LogP contribution in [0.25, 0.3) is 0 Å². The summed E-state index contributed by atoms with van der Waals surface area (Å²) in [5, 5.41) is 8.81. The van der Waals surface area contributed by atoms with Crippen molar-refractivity contribution < 1.29 is 9.47 Å². The Balaban J connectivity index is 2.31. The van der Waals surface area contributed by atoms with Crippen molar-refractivity contribution in [2.45, 2.75) is 19.1 Å². The number of nitriles is 1. The lowest BCUT2D eigenvalue weighted by Crippen LogP contribution is -2.34. The van der Waals surface area contributed by atoms with Crippen molar-refractivity contribution >= 4 is 0 Å². The maximum Gasteiger partial charge on any atom is 0.191 e. The number of benzene rings is 1. The van der Waals surface area contributed by atoms with Crippen molar-refractivity contribution in [3.8, 4) is 6.07 Å². The Morgan fingerprint density at radius 3 is 2.73 bits per heavy atom. The molecule has 1 heterocycles. The fourth-order valence-corrected chi connectivity index (χ4v) is 1.67. The summed E-state index contributed by atoms with van der Waals surface area (Å²) in [4.78, 5) is 0. The smallest absolute Gasteiger partial charge is 0.191 e. The summed E-state index contributed by atoms with van der Waals surface area (Å²) in [6, 6.07) is 9.47. The second-order valence-corrected chi connectivity index (χ2v) is 3.69. The molecule has 2 rings (SSSR count). The zero-order valence-corrected chi connectivity index (χ0v) is 8.69. The number of hydrogen-bond donors (Lipinski definition) is 0. The van der Waals surface area contributed by atoms with Crippen molar-refractivity contribution in [3.63, 3.8) is 0 Å². The van der Waals surface area contributed by atoms with Crippen LogP contribution in [-0.4, -0.2) is 13.2 Å². The van der Waals surface area contributed by atoms with E-state index in [2.05, 4.69) is 6.07 Å². The van der Waals surface area contributed by atoms with Gasteiger partial charge >= 0.3 is 0 Å². The van der Waals surface area contributed by atoms with E-state index >= 15 is 0 Å². The first-order chi connectivity index (χ1) is 7.24. The van der Waals surface area contributed by atoms with E-state index in [1.165, 1.54) is 0 Å². The van der Waals surface area contributed by atoms with E-state index in [9.17, 15) is 0 Å². The summed E-state index contributed by atoms with van der Waals surface area (Å²) in [6.45, 7) is 3.29. The molecule has 0 aliphatic carbocycles. The van der Waals surface area contributed by atoms with E-state index in [0.717, 1.165) is 12.0 Å². The second-order valence-electron chi connectivity index (χ2n) is 3.69. The van der Waals surface area contributed by atoms with Crippen LogP contribution in [0, 0.1) is 11.3 Å². The lowest BCUT2D eigenvalue weighted by Gasteiger charge is -2.34. The average Bonchev–Trinajstić information content (AvgIpc) is 2.30. The van der Waals surface area contributed by atoms with Crippen LogP contribution in [0.5, 0.6) is 0 Å². The van der Waals surface area contributed by atoms with Crippen LogP contribution in [-0.2, 0) is 15.3 Å². The number of hydrogen-bond acceptors (Lipinski definition) is 3. The highest BCUT2D eigenvalue weighted by Gasteiger charge is 2.31. The predicted molar refractivity (Wildman–Crippen MR) is 55.0 cm³/mol. The quantitative estimate of drug-likeness (QED) is 0.702. The molecule has 1 saturated heterocycles. The molecule has 0 unspecified atom stereocenters. The Hall–Kier alpha value is -1.37. The highest BCUT2D eigenvalue weighted by molar-refractivity contribution is 5.34. The highest BCUT2D eigenvalue weighted by atomic mass is 16.7. The van der Waals surface area contributed by atoms with E-state index < -0.39 is 5.79 Å². The Labute approximate surface area is 89.2 Å². The Bertz CT molecular complexity index is 389. The predicted octanol–water partition coefficient (Wildman–Crippen LogP) is 2.17. The highest BCUT2D eigenvalue weighted by Crippen LogP contribution is 2.30. The van der Waals surface area contributed by atoms with Gasteiger partial charge in [-0.25, -0.2) is 0 Å². The van der Waals surface area contributed by atoms with Gasteiger partial charge in [0.15, 0.2) is 5.79 Å². The molecular weight excluding hydrogens is 190 g/mol. The van der Waals surface area contributed by atoms with Crippen LogP contribution in [0.2, 0.25) is 0 Å². The fraction of sp³-hybridized carbons (Fsp3) is 0.417. The lowest BCUT2D eigenvalue weighted by atomic mass is 10.0. The molecule has 1 aliphatic heterocycles. The molecule has 1 aliphatic rings. The van der Waals surface area contributed by atoms with Gasteiger partial charge in [0.05, 0.1) is 24.8 Å². The molecule has 15 heavy (non-hydrogen) atoms. The van der Waals surface area contributed by atoms with Gasteiger partial charge in [-0.15, -0.1) is 0 Å². The third kappa shape index (κ3) is 2.01. The van der Waals surface area contributed by atoms with Crippen molar-refractivity contribution in [2.24, 2.45) is 0 Å². The first-order valence-corrected chi connectivity index (χ1v) is 5.03. The number of ether oxygens (including phenoxy) is 2. The summed E-state index contributed by atoms with van der Waals surface area (Å²) < 4.78 is 11.2. The minimum atomic E-state index is -0.689. The third-order valence-electron chi connectivity index (χ3n) is 2.56. The molecule has 0 N–H and O–H groups in total. The topological polar surface area (TPSA) is 42.2 Å². The maximum atomic E-state index is 8.81. The van der Waals surface area contributed by atoms with Gasteiger partial charge in [-0.2, -0.15) is 5.26 Å². The van der Waals surface area contributed by atoms with Crippen LogP contribution in [0.4, 0.5) is 0 Å². The van der Waals surface area contributed by atoms with Gasteiger partial charge in [-0.05, 0) is 25.5 Å². The number of nitrogens with zero attached hydrogens (tertiary/aromatic N) is 1. The Morgan fingerprint density at radius 1 is 1.33 bits per heavy atom. The van der Waals surface area contributed by atoms with Gasteiger partial charge < -0.3 is 9.47 Å². The SMILES string of the molecule is CC1(c2cccc(C#N)c2)OCCCO1. The zero-order valence-electron chi connectivity index (χ0n) is 8.69. The Kier molecular flexibility index (Phi) is 2.72. The normalized spacial score (nSPS) is 19.5. The largest absolute Gasteiger partial charge is 0.346 e. The van der Waals surface area contributed by atoms with Gasteiger partial charge in [0.25, 0.3) is 0 Å². The van der Waals surface area contributed by atoms with Gasteiger partial charge in [-0.3, -0.25) is 0 Å². The van der Waals surface area contributed by atoms with E-state index in [4.69, 9.17) is 14.7 Å². The first-order valence-electron chi connectivity index (χ1n) is 5.03. The van der Waals surface area contributed by atoms with Gasteiger partial charge in [0.1, 0.15) is 0 Å². The molecule has 0 spiro atoms. The lowest BCUT2D eigenvalue weighted by molar-refractivity contribution is -0.264. The summed E-state index contributed by atoms with van der Waals surface area (Å²) >= 11 is 0. The molecule has 0 atom stereocenters. The molecule has 0 aromatic heterocycles. The molecule has 0 amide bonds. The van der Waals surface area contributed by atoms with Crippen molar-refractivity contribution in [2.75, 3.05) is 13.2 Å². The summed E-state index contributed by atoms with van der Waals surface area (Å²) in [6.07, 6.45) is 0.924. The summed E-state index contributed by atoms with van der Waals surface area (Å²) in [5.74, 6) is -0.689. The van der Waals surface area contributed by atoms with Crippen LogP contribution < -0.4 is 0 Å². The molecule has 3 nitrogen and oxygen atoms in total. The standard InChI is InChI=1S/C12H13NO2/c1-12(14-6-3-7-15-12)11-5-2-4-10(8-11)9-13/h2,4-5,8H,3,6-7H2,1H3. The van der Waals surface area contributed by atoms with E-state index in [1.54, 1.807) is 6.07 Å². The van der Waals surface area contributed by atoms with Gasteiger partial charge in [0.2, 0.25) is 0 Å². The van der Waals surface area contributed by atoms with Crippen LogP contribution in [0.3, 0.4) is 0 Å². The molecule has 1 fully saturated rings. The van der Waals surface area contributed by atoms with E-state index in [-0.39, 0.29) is 0 Å². The molecule has 0 radical (unpaired) electrons. The number of rotatable bonds is 1. The zero-order chi connectivity index (χ0) is 10.7. The van der Waals surface area contributed by atoms with E-state index in [0.29, 0.717) is 18.8 Å². The monoisotopic (exact) mass is 203 g/mol. The summed E-state index contributed by atoms with van der Waals surface area (Å²) in [5.41, 5.74) is 1.53. The minimum Gasteiger partial charge on any atom is -0.346 e. The minimum absolute atomic E-state index is 0.631. The Morgan fingerprint density at radius 2 is 2.07 bits per heavy atom. The fourth-order valence-electron chi connectivity index (χ4n) is 1.67. The first kappa shape index (κ1) is 10.2. The van der Waals surface area contributed by atoms with Crippen molar-refractivity contribution in [3.05, 3.63) is 35.4 Å². The second kappa shape index (κ2) is 4.01. The molecule has 78 valence electrons. The van der Waals surface area contributed by atoms with Crippen LogP contribution >= 0.6 is 0 Å². The molecule has 0 bridgehead atoms. The van der Waals surface area contributed by atoms with Crippen LogP contribution in [0.1, 0.15) is 24.5 Å². The van der Waals surface area contributed by atoms with Crippen molar-refractivity contribution in [1.82, 2.24) is 0 Å². The maximum absolute atomic E-state index is 8.81. The molecular formula is C12H13NO2. The third-order valence-corrected chi connectivity index (χ3v) is 2.56.